The van der Waals surface area contributed by atoms with Crippen molar-refractivity contribution in [3.05, 3.63) is 105 Å². The summed E-state index contributed by atoms with van der Waals surface area (Å²) >= 11 is 12.5. The molecule has 2 aliphatic heterocycles. The van der Waals surface area contributed by atoms with Crippen LogP contribution in [-0.2, 0) is 20.7 Å². The van der Waals surface area contributed by atoms with Gasteiger partial charge in [0.2, 0.25) is 0 Å². The Balaban J connectivity index is 1.59. The first-order valence-electron chi connectivity index (χ1n) is 14.0. The zero-order chi connectivity index (χ0) is 28.1. The van der Waals surface area contributed by atoms with Crippen LogP contribution in [0, 0.1) is 5.82 Å². The van der Waals surface area contributed by atoms with Crippen LogP contribution in [0.15, 0.2) is 72.8 Å². The van der Waals surface area contributed by atoms with Crippen molar-refractivity contribution >= 4 is 29.1 Å². The molecule has 0 radical (unpaired) electrons. The summed E-state index contributed by atoms with van der Waals surface area (Å²) in [6.07, 6.45) is 0.971. The second-order valence-corrected chi connectivity index (χ2v) is 11.4. The molecule has 0 spiro atoms. The quantitative estimate of drug-likeness (QED) is 0.275. The highest BCUT2D eigenvalue weighted by molar-refractivity contribution is 6.30. The maximum atomic E-state index is 14.5. The minimum atomic E-state index is -0.723. The van der Waals surface area contributed by atoms with Gasteiger partial charge in [-0.2, -0.15) is 0 Å². The van der Waals surface area contributed by atoms with Gasteiger partial charge in [-0.25, -0.2) is 4.39 Å². The van der Waals surface area contributed by atoms with Gasteiger partial charge in [-0.05, 0) is 59.5 Å². The SMILES string of the molecule is CCC[C@H](CN1CCOCC1)N1C(=O)[C@H](Cc2ccc(F)cc2)O[C@@H](c2ccc(Cl)cc2)[C@H]1c1ccc(Cl)cc1. The van der Waals surface area contributed by atoms with E-state index in [2.05, 4.69) is 16.7 Å². The predicted octanol–water partition coefficient (Wildman–Crippen LogP) is 6.89. The van der Waals surface area contributed by atoms with Crippen molar-refractivity contribution in [2.45, 2.75) is 50.5 Å². The van der Waals surface area contributed by atoms with E-state index in [1.807, 2.05) is 48.5 Å². The number of amides is 1. The Morgan fingerprint density at radius 3 is 2.10 bits per heavy atom. The average Bonchev–Trinajstić information content (AvgIpc) is 2.96. The third-order valence-electron chi connectivity index (χ3n) is 7.76. The molecule has 1 amide bonds. The maximum absolute atomic E-state index is 14.5. The van der Waals surface area contributed by atoms with E-state index < -0.39 is 12.2 Å². The van der Waals surface area contributed by atoms with Crippen molar-refractivity contribution in [3.8, 4) is 0 Å². The first kappa shape index (κ1) is 29.0. The monoisotopic (exact) mass is 584 g/mol. The molecule has 2 fully saturated rings. The summed E-state index contributed by atoms with van der Waals surface area (Å²) in [5, 5.41) is 1.27. The van der Waals surface area contributed by atoms with Crippen LogP contribution in [0.4, 0.5) is 4.39 Å². The molecular formula is C32H35Cl2FN2O3. The number of halogens is 3. The molecule has 5 nitrogen and oxygen atoms in total. The predicted molar refractivity (Wildman–Crippen MR) is 156 cm³/mol. The first-order valence-corrected chi connectivity index (χ1v) is 14.7. The largest absolute Gasteiger partial charge is 0.379 e. The molecule has 0 aromatic heterocycles. The van der Waals surface area contributed by atoms with Gasteiger partial charge < -0.3 is 14.4 Å². The zero-order valence-corrected chi connectivity index (χ0v) is 24.2. The van der Waals surface area contributed by atoms with Gasteiger partial charge in [0.1, 0.15) is 18.0 Å². The van der Waals surface area contributed by atoms with Crippen LogP contribution >= 0.6 is 23.2 Å². The number of carbonyl (C=O) groups is 1. The molecule has 2 heterocycles. The summed E-state index contributed by atoms with van der Waals surface area (Å²) in [6.45, 7) is 5.97. The Morgan fingerprint density at radius 1 is 0.900 bits per heavy atom. The van der Waals surface area contributed by atoms with Crippen molar-refractivity contribution in [2.24, 2.45) is 0 Å². The molecule has 3 aromatic carbocycles. The number of benzene rings is 3. The molecule has 2 aliphatic rings. The highest BCUT2D eigenvalue weighted by Crippen LogP contribution is 2.44. The molecule has 0 bridgehead atoms. The fraction of sp³-hybridized carbons (Fsp3) is 0.406. The zero-order valence-electron chi connectivity index (χ0n) is 22.6. The fourth-order valence-corrected chi connectivity index (χ4v) is 6.03. The van der Waals surface area contributed by atoms with E-state index in [1.54, 1.807) is 12.1 Å². The van der Waals surface area contributed by atoms with Gasteiger partial charge in [-0.15, -0.1) is 0 Å². The lowest BCUT2D eigenvalue weighted by Crippen LogP contribution is -2.58. The van der Waals surface area contributed by atoms with Crippen LogP contribution in [0.3, 0.4) is 0 Å². The second-order valence-electron chi connectivity index (χ2n) is 10.5. The molecule has 212 valence electrons. The van der Waals surface area contributed by atoms with Gasteiger partial charge >= 0.3 is 0 Å². The summed E-state index contributed by atoms with van der Waals surface area (Å²) in [4.78, 5) is 18.9. The fourth-order valence-electron chi connectivity index (χ4n) is 5.78. The Hall–Kier alpha value is -2.48. The Bertz CT molecular complexity index is 1250. The summed E-state index contributed by atoms with van der Waals surface area (Å²) in [5.74, 6) is -0.363. The van der Waals surface area contributed by atoms with Crippen molar-refractivity contribution in [1.29, 1.82) is 0 Å². The molecule has 5 rings (SSSR count). The number of ether oxygens (including phenoxy) is 2. The lowest BCUT2D eigenvalue weighted by Gasteiger charge is -2.49. The number of morpholine rings is 2. The van der Waals surface area contributed by atoms with Crippen LogP contribution in [0.25, 0.3) is 0 Å². The summed E-state index contributed by atoms with van der Waals surface area (Å²) in [5.41, 5.74) is 2.74. The minimum Gasteiger partial charge on any atom is -0.379 e. The normalized spacial score (nSPS) is 22.9. The van der Waals surface area contributed by atoms with E-state index in [4.69, 9.17) is 32.7 Å². The third kappa shape index (κ3) is 6.87. The van der Waals surface area contributed by atoms with Crippen molar-refractivity contribution in [3.63, 3.8) is 0 Å². The third-order valence-corrected chi connectivity index (χ3v) is 8.26. The van der Waals surface area contributed by atoms with E-state index in [0.717, 1.165) is 49.2 Å². The van der Waals surface area contributed by atoms with Crippen molar-refractivity contribution in [2.75, 3.05) is 32.8 Å². The molecule has 8 heteroatoms. The summed E-state index contributed by atoms with van der Waals surface area (Å²) < 4.78 is 26.0. The van der Waals surface area contributed by atoms with E-state index >= 15 is 0 Å². The van der Waals surface area contributed by atoms with E-state index in [1.165, 1.54) is 12.1 Å². The molecular weight excluding hydrogens is 550 g/mol. The van der Waals surface area contributed by atoms with Crippen LogP contribution in [0.5, 0.6) is 0 Å². The molecule has 2 saturated heterocycles. The van der Waals surface area contributed by atoms with Crippen LogP contribution in [-0.4, -0.2) is 60.7 Å². The highest BCUT2D eigenvalue weighted by atomic mass is 35.5. The van der Waals surface area contributed by atoms with E-state index in [-0.39, 0.29) is 23.8 Å². The standard InChI is InChI=1S/C32H35Cl2FN2O3/c1-2-3-28(21-36-16-18-39-19-17-36)37-30(23-6-10-25(33)11-7-23)31(24-8-12-26(34)13-9-24)40-29(32(37)38)20-22-4-14-27(35)15-5-22/h4-15,28-31H,2-3,16-21H2,1H3/t28-,29+,30-,31+/m1/s1. The smallest absolute Gasteiger partial charge is 0.252 e. The molecule has 0 unspecified atom stereocenters. The Kier molecular flexibility index (Phi) is 9.76. The lowest BCUT2D eigenvalue weighted by atomic mass is 9.88. The summed E-state index contributed by atoms with van der Waals surface area (Å²) in [7, 11) is 0. The Morgan fingerprint density at radius 2 is 1.50 bits per heavy atom. The highest BCUT2D eigenvalue weighted by Gasteiger charge is 2.46. The number of hydrogen-bond acceptors (Lipinski definition) is 4. The van der Waals surface area contributed by atoms with Gasteiger partial charge in [-0.3, -0.25) is 9.69 Å². The van der Waals surface area contributed by atoms with Gasteiger partial charge in [-0.1, -0.05) is 72.9 Å². The number of rotatable bonds is 9. The minimum absolute atomic E-state index is 0.0364. The molecule has 0 saturated carbocycles. The molecule has 0 aliphatic carbocycles. The van der Waals surface area contributed by atoms with Gasteiger partial charge in [0.05, 0.1) is 19.3 Å². The number of hydrogen-bond donors (Lipinski definition) is 0. The average molecular weight is 586 g/mol. The van der Waals surface area contributed by atoms with Gasteiger partial charge in [0, 0.05) is 42.1 Å². The van der Waals surface area contributed by atoms with Crippen LogP contribution < -0.4 is 0 Å². The molecule has 3 aromatic rings. The van der Waals surface area contributed by atoms with Crippen LogP contribution in [0.1, 0.15) is 48.6 Å². The number of nitrogens with zero attached hydrogens (tertiary/aromatic N) is 2. The first-order chi connectivity index (χ1) is 19.4. The molecule has 40 heavy (non-hydrogen) atoms. The van der Waals surface area contributed by atoms with E-state index in [9.17, 15) is 9.18 Å². The summed E-state index contributed by atoms with van der Waals surface area (Å²) in [6, 6.07) is 21.2. The second kappa shape index (κ2) is 13.5. The Labute approximate surface area is 245 Å². The lowest BCUT2D eigenvalue weighted by molar-refractivity contribution is -0.180. The maximum Gasteiger partial charge on any atom is 0.252 e. The van der Waals surface area contributed by atoms with Gasteiger partial charge in [0.25, 0.3) is 5.91 Å². The topological polar surface area (TPSA) is 42.0 Å². The van der Waals surface area contributed by atoms with Gasteiger partial charge in [0.15, 0.2) is 0 Å². The van der Waals surface area contributed by atoms with Crippen LogP contribution in [0.2, 0.25) is 10.0 Å². The van der Waals surface area contributed by atoms with Crippen molar-refractivity contribution in [1.82, 2.24) is 9.80 Å². The van der Waals surface area contributed by atoms with E-state index in [0.29, 0.717) is 29.7 Å². The number of carbonyl (C=O) groups excluding carboxylic acids is 1. The molecule has 0 N–H and O–H groups in total. The molecule has 4 atom stereocenters. The van der Waals surface area contributed by atoms with Crippen molar-refractivity contribution < 1.29 is 18.7 Å².